The lowest BCUT2D eigenvalue weighted by Crippen LogP contribution is -2.49. The van der Waals surface area contributed by atoms with E-state index in [0.717, 1.165) is 18.6 Å². The van der Waals surface area contributed by atoms with Crippen LogP contribution in [0.2, 0.25) is 0 Å². The summed E-state index contributed by atoms with van der Waals surface area (Å²) in [5.74, 6) is 1.04. The number of aliphatic hydroxyl groups is 1. The van der Waals surface area contributed by atoms with Gasteiger partial charge >= 0.3 is 7.12 Å². The third-order valence-electron chi connectivity index (χ3n) is 4.68. The Bertz CT molecular complexity index is 499. The maximum absolute atomic E-state index is 9.04. The van der Waals surface area contributed by atoms with E-state index < -0.39 is 7.12 Å². The van der Waals surface area contributed by atoms with Gasteiger partial charge in [0.15, 0.2) is 0 Å². The second kappa shape index (κ2) is 4.93. The molecule has 7 heteroatoms. The number of rotatable bonds is 3. The molecule has 1 N–H and O–H groups in total. The van der Waals surface area contributed by atoms with Crippen LogP contribution in [0, 0.1) is 5.92 Å². The first kappa shape index (κ1) is 14.7. The minimum Gasteiger partial charge on any atom is -0.399 e. The minimum absolute atomic E-state index is 0.225. The Labute approximate surface area is 125 Å². The zero-order valence-corrected chi connectivity index (χ0v) is 13.0. The molecule has 0 radical (unpaired) electrons. The molecule has 2 aliphatic rings. The molecule has 1 aromatic heterocycles. The molecule has 1 aromatic rings. The first-order chi connectivity index (χ1) is 9.82. The van der Waals surface area contributed by atoms with E-state index in [1.54, 1.807) is 12.4 Å². The van der Waals surface area contributed by atoms with Crippen molar-refractivity contribution in [2.45, 2.75) is 38.9 Å². The van der Waals surface area contributed by atoms with Crippen molar-refractivity contribution in [2.75, 3.05) is 24.6 Å². The third-order valence-corrected chi connectivity index (χ3v) is 4.68. The summed E-state index contributed by atoms with van der Waals surface area (Å²) >= 11 is 0. The van der Waals surface area contributed by atoms with Gasteiger partial charge in [0.25, 0.3) is 0 Å². The maximum Gasteiger partial charge on any atom is 0.498 e. The molecule has 0 aromatic carbocycles. The summed E-state index contributed by atoms with van der Waals surface area (Å²) in [6.07, 6.45) is 3.52. The number of hydrogen-bond acceptors (Lipinski definition) is 6. The normalized spacial score (nSPS) is 24.2. The first-order valence-electron chi connectivity index (χ1n) is 7.36. The molecule has 6 nitrogen and oxygen atoms in total. The van der Waals surface area contributed by atoms with Gasteiger partial charge in [-0.15, -0.1) is 0 Å². The van der Waals surface area contributed by atoms with Gasteiger partial charge in [0, 0.05) is 43.5 Å². The highest BCUT2D eigenvalue weighted by atomic mass is 16.7. The van der Waals surface area contributed by atoms with Gasteiger partial charge in [0.2, 0.25) is 5.95 Å². The summed E-state index contributed by atoms with van der Waals surface area (Å²) in [5.41, 5.74) is 0.112. The van der Waals surface area contributed by atoms with E-state index in [1.807, 2.05) is 27.7 Å². The molecule has 0 saturated carbocycles. The van der Waals surface area contributed by atoms with Crippen molar-refractivity contribution in [3.63, 3.8) is 0 Å². The number of nitrogens with zero attached hydrogens (tertiary/aromatic N) is 3. The van der Waals surface area contributed by atoms with E-state index in [1.165, 1.54) is 0 Å². The van der Waals surface area contributed by atoms with Crippen LogP contribution in [0.5, 0.6) is 0 Å². The average Bonchev–Trinajstić information content (AvgIpc) is 2.58. The van der Waals surface area contributed by atoms with Gasteiger partial charge in [-0.05, 0) is 27.7 Å². The summed E-state index contributed by atoms with van der Waals surface area (Å²) in [6, 6.07) is 0. The molecule has 2 fully saturated rings. The summed E-state index contributed by atoms with van der Waals surface area (Å²) in [5, 5.41) is 9.04. The SMILES string of the molecule is CC1(C)OB(c2cnc(N3CC(CO)C3)nc2)OC1(C)C. The van der Waals surface area contributed by atoms with Crippen molar-refractivity contribution in [3.8, 4) is 0 Å². The Kier molecular flexibility index (Phi) is 3.46. The van der Waals surface area contributed by atoms with Crippen molar-refractivity contribution in [1.82, 2.24) is 9.97 Å². The summed E-state index contributed by atoms with van der Waals surface area (Å²) < 4.78 is 12.0. The van der Waals surface area contributed by atoms with Crippen LogP contribution in [-0.4, -0.2) is 53.1 Å². The molecule has 3 rings (SSSR count). The summed E-state index contributed by atoms with van der Waals surface area (Å²) in [4.78, 5) is 10.8. The molecule has 2 saturated heterocycles. The quantitative estimate of drug-likeness (QED) is 0.803. The zero-order valence-electron chi connectivity index (χ0n) is 13.0. The van der Waals surface area contributed by atoms with Crippen LogP contribution in [0.15, 0.2) is 12.4 Å². The molecule has 114 valence electrons. The van der Waals surface area contributed by atoms with Gasteiger partial charge < -0.3 is 19.3 Å². The van der Waals surface area contributed by atoms with Gasteiger partial charge in [-0.3, -0.25) is 0 Å². The van der Waals surface area contributed by atoms with Crippen LogP contribution in [0.25, 0.3) is 0 Å². The van der Waals surface area contributed by atoms with Gasteiger partial charge in [-0.2, -0.15) is 0 Å². The van der Waals surface area contributed by atoms with E-state index in [9.17, 15) is 0 Å². The van der Waals surface area contributed by atoms with Crippen LogP contribution in [-0.2, 0) is 9.31 Å². The lowest BCUT2D eigenvalue weighted by molar-refractivity contribution is 0.00578. The average molecular weight is 291 g/mol. The molecular weight excluding hydrogens is 269 g/mol. The molecule has 0 aliphatic carbocycles. The minimum atomic E-state index is -0.425. The lowest BCUT2D eigenvalue weighted by atomic mass is 9.81. The Balaban J connectivity index is 1.68. The van der Waals surface area contributed by atoms with E-state index in [2.05, 4.69) is 14.9 Å². The van der Waals surface area contributed by atoms with Crippen LogP contribution >= 0.6 is 0 Å². The molecule has 0 bridgehead atoms. The predicted octanol–water partition coefficient (Wildman–Crippen LogP) is 0.204. The van der Waals surface area contributed by atoms with Crippen molar-refractivity contribution in [3.05, 3.63) is 12.4 Å². The molecule has 3 heterocycles. The Morgan fingerprint density at radius 3 is 2.19 bits per heavy atom. The van der Waals surface area contributed by atoms with Crippen LogP contribution in [0.3, 0.4) is 0 Å². The third kappa shape index (κ3) is 2.54. The fraction of sp³-hybridized carbons (Fsp3) is 0.714. The Hall–Kier alpha value is -1.18. The van der Waals surface area contributed by atoms with Gasteiger partial charge in [0.05, 0.1) is 11.2 Å². The molecule has 0 atom stereocenters. The standard InChI is InChI=1S/C14H22BN3O3/c1-13(2)14(3,4)21-15(20-13)11-5-16-12(17-6-11)18-7-10(8-18)9-19/h5-6,10,19H,7-9H2,1-4H3. The van der Waals surface area contributed by atoms with E-state index in [-0.39, 0.29) is 17.8 Å². The monoisotopic (exact) mass is 291 g/mol. The van der Waals surface area contributed by atoms with Crippen LogP contribution in [0.4, 0.5) is 5.95 Å². The molecular formula is C14H22BN3O3. The largest absolute Gasteiger partial charge is 0.498 e. The van der Waals surface area contributed by atoms with E-state index in [4.69, 9.17) is 14.4 Å². The summed E-state index contributed by atoms with van der Waals surface area (Å²) in [6.45, 7) is 9.95. The predicted molar refractivity (Wildman–Crippen MR) is 80.5 cm³/mol. The van der Waals surface area contributed by atoms with Crippen molar-refractivity contribution in [1.29, 1.82) is 0 Å². The number of aromatic nitrogens is 2. The molecule has 2 aliphatic heterocycles. The van der Waals surface area contributed by atoms with Crippen molar-refractivity contribution in [2.24, 2.45) is 5.92 Å². The second-order valence-electron chi connectivity index (χ2n) is 6.86. The highest BCUT2D eigenvalue weighted by Gasteiger charge is 2.52. The van der Waals surface area contributed by atoms with Gasteiger partial charge in [-0.1, -0.05) is 0 Å². The molecule has 21 heavy (non-hydrogen) atoms. The van der Waals surface area contributed by atoms with Crippen LogP contribution < -0.4 is 10.4 Å². The Morgan fingerprint density at radius 1 is 1.19 bits per heavy atom. The fourth-order valence-corrected chi connectivity index (χ4v) is 2.44. The first-order valence-corrected chi connectivity index (χ1v) is 7.36. The van der Waals surface area contributed by atoms with Gasteiger partial charge in [-0.25, -0.2) is 9.97 Å². The number of hydrogen-bond donors (Lipinski definition) is 1. The smallest absolute Gasteiger partial charge is 0.399 e. The molecule has 0 unspecified atom stereocenters. The van der Waals surface area contributed by atoms with Crippen molar-refractivity contribution < 1.29 is 14.4 Å². The number of anilines is 1. The summed E-state index contributed by atoms with van der Waals surface area (Å²) in [7, 11) is -0.425. The van der Waals surface area contributed by atoms with Crippen molar-refractivity contribution >= 4 is 18.5 Å². The second-order valence-corrected chi connectivity index (χ2v) is 6.86. The zero-order chi connectivity index (χ0) is 15.3. The van der Waals surface area contributed by atoms with Crippen LogP contribution in [0.1, 0.15) is 27.7 Å². The molecule has 0 spiro atoms. The highest BCUT2D eigenvalue weighted by Crippen LogP contribution is 2.36. The highest BCUT2D eigenvalue weighted by molar-refractivity contribution is 6.61. The Morgan fingerprint density at radius 2 is 1.71 bits per heavy atom. The maximum atomic E-state index is 9.04. The fourth-order valence-electron chi connectivity index (χ4n) is 2.44. The van der Waals surface area contributed by atoms with Gasteiger partial charge in [0.1, 0.15) is 0 Å². The van der Waals surface area contributed by atoms with E-state index >= 15 is 0 Å². The topological polar surface area (TPSA) is 67.7 Å². The van der Waals surface area contributed by atoms with E-state index in [0.29, 0.717) is 11.9 Å². The molecule has 0 amide bonds. The number of aliphatic hydroxyl groups excluding tert-OH is 1. The lowest BCUT2D eigenvalue weighted by Gasteiger charge is -2.38.